The van der Waals surface area contributed by atoms with Gasteiger partial charge >= 0.3 is 0 Å². The third kappa shape index (κ3) is 4.68. The molecule has 1 saturated carbocycles. The fraction of sp³-hybridized carbons (Fsp3) is 0.294. The maximum absolute atomic E-state index is 10.5. The van der Waals surface area contributed by atoms with Crippen molar-refractivity contribution in [1.29, 1.82) is 0 Å². The molecule has 1 aliphatic rings. The molecule has 0 unspecified atom stereocenters. The SMILES string of the molecule is COC.O=Cc1ccc(Oc2ccc(C3CC3)cc2)nc1. The Morgan fingerprint density at radius 1 is 1.10 bits per heavy atom. The summed E-state index contributed by atoms with van der Waals surface area (Å²) in [5.41, 5.74) is 1.93. The number of hydrogen-bond acceptors (Lipinski definition) is 4. The molecule has 0 amide bonds. The number of hydrogen-bond donors (Lipinski definition) is 0. The van der Waals surface area contributed by atoms with Crippen LogP contribution in [0.3, 0.4) is 0 Å². The van der Waals surface area contributed by atoms with Crippen molar-refractivity contribution in [3.05, 3.63) is 53.7 Å². The van der Waals surface area contributed by atoms with Crippen molar-refractivity contribution in [2.45, 2.75) is 18.8 Å². The Kier molecular flexibility index (Phi) is 5.46. The minimum atomic E-state index is 0.500. The van der Waals surface area contributed by atoms with Crippen molar-refractivity contribution in [2.75, 3.05) is 14.2 Å². The smallest absolute Gasteiger partial charge is 0.219 e. The van der Waals surface area contributed by atoms with Crippen molar-refractivity contribution in [1.82, 2.24) is 4.98 Å². The van der Waals surface area contributed by atoms with Gasteiger partial charge in [-0.2, -0.15) is 0 Å². The highest BCUT2D eigenvalue weighted by molar-refractivity contribution is 5.74. The summed E-state index contributed by atoms with van der Waals surface area (Å²) in [5.74, 6) is 2.02. The highest BCUT2D eigenvalue weighted by Gasteiger charge is 2.22. The second kappa shape index (κ2) is 7.55. The maximum atomic E-state index is 10.5. The van der Waals surface area contributed by atoms with Gasteiger partial charge in [0, 0.05) is 32.0 Å². The van der Waals surface area contributed by atoms with Crippen LogP contribution in [0, 0.1) is 0 Å². The zero-order chi connectivity index (χ0) is 15.1. The van der Waals surface area contributed by atoms with Crippen molar-refractivity contribution in [3.8, 4) is 11.6 Å². The largest absolute Gasteiger partial charge is 0.439 e. The molecule has 1 heterocycles. The molecule has 1 aliphatic carbocycles. The summed E-state index contributed by atoms with van der Waals surface area (Å²) in [6.45, 7) is 0. The minimum Gasteiger partial charge on any atom is -0.439 e. The number of pyridine rings is 1. The maximum Gasteiger partial charge on any atom is 0.219 e. The van der Waals surface area contributed by atoms with Gasteiger partial charge in [0.15, 0.2) is 6.29 Å². The average Bonchev–Trinajstić information content (AvgIpc) is 3.34. The molecule has 0 bridgehead atoms. The summed E-state index contributed by atoms with van der Waals surface area (Å²) in [4.78, 5) is 14.6. The fourth-order valence-corrected chi connectivity index (χ4v) is 1.87. The van der Waals surface area contributed by atoms with Gasteiger partial charge < -0.3 is 9.47 Å². The molecule has 4 heteroatoms. The molecule has 1 aromatic heterocycles. The Morgan fingerprint density at radius 2 is 1.76 bits per heavy atom. The van der Waals surface area contributed by atoms with Gasteiger partial charge in [-0.3, -0.25) is 4.79 Å². The highest BCUT2D eigenvalue weighted by Crippen LogP contribution is 2.40. The monoisotopic (exact) mass is 285 g/mol. The zero-order valence-electron chi connectivity index (χ0n) is 12.3. The molecule has 0 spiro atoms. The van der Waals surface area contributed by atoms with Crippen molar-refractivity contribution in [3.63, 3.8) is 0 Å². The summed E-state index contributed by atoms with van der Waals surface area (Å²) in [6.07, 6.45) is 4.87. The number of aromatic nitrogens is 1. The summed E-state index contributed by atoms with van der Waals surface area (Å²) in [5, 5.41) is 0. The lowest BCUT2D eigenvalue weighted by Gasteiger charge is -2.05. The van der Waals surface area contributed by atoms with Crippen LogP contribution in [-0.2, 0) is 4.74 Å². The third-order valence-electron chi connectivity index (χ3n) is 3.05. The molecule has 1 fully saturated rings. The van der Waals surface area contributed by atoms with E-state index in [9.17, 15) is 4.79 Å². The Labute approximate surface area is 124 Å². The first-order chi connectivity index (χ1) is 10.3. The molecule has 2 aromatic rings. The van der Waals surface area contributed by atoms with Crippen LogP contribution >= 0.6 is 0 Å². The minimum absolute atomic E-state index is 0.500. The normalized spacial score (nSPS) is 13.0. The lowest BCUT2D eigenvalue weighted by molar-refractivity contribution is 0.112. The number of carbonyl (C=O) groups excluding carboxylic acids is 1. The van der Waals surface area contributed by atoms with Crippen LogP contribution in [0.2, 0.25) is 0 Å². The summed E-state index contributed by atoms with van der Waals surface area (Å²) in [6, 6.07) is 11.5. The molecule has 0 aliphatic heterocycles. The first-order valence-corrected chi connectivity index (χ1v) is 6.86. The van der Waals surface area contributed by atoms with E-state index in [0.29, 0.717) is 11.4 Å². The summed E-state index contributed by atoms with van der Waals surface area (Å²) >= 11 is 0. The van der Waals surface area contributed by atoms with Crippen molar-refractivity contribution in [2.24, 2.45) is 0 Å². The molecule has 0 N–H and O–H groups in total. The Bertz CT molecular complexity index is 560. The van der Waals surface area contributed by atoms with E-state index in [0.717, 1.165) is 18.0 Å². The van der Waals surface area contributed by atoms with Gasteiger partial charge in [-0.05, 0) is 42.5 Å². The molecule has 110 valence electrons. The number of rotatable bonds is 4. The van der Waals surface area contributed by atoms with Crippen molar-refractivity contribution < 1.29 is 14.3 Å². The molecule has 0 radical (unpaired) electrons. The molecular weight excluding hydrogens is 266 g/mol. The van der Waals surface area contributed by atoms with E-state index < -0.39 is 0 Å². The quantitative estimate of drug-likeness (QED) is 0.801. The molecule has 1 aromatic carbocycles. The molecule has 0 saturated heterocycles. The van der Waals surface area contributed by atoms with Gasteiger partial charge in [-0.25, -0.2) is 4.98 Å². The van der Waals surface area contributed by atoms with Crippen LogP contribution in [0.25, 0.3) is 0 Å². The topological polar surface area (TPSA) is 48.4 Å². The van der Waals surface area contributed by atoms with Crippen LogP contribution in [0.4, 0.5) is 0 Å². The average molecular weight is 285 g/mol. The second-order valence-electron chi connectivity index (χ2n) is 4.90. The number of methoxy groups -OCH3 is 1. The van der Waals surface area contributed by atoms with E-state index in [2.05, 4.69) is 21.9 Å². The Balaban J connectivity index is 0.000000497. The van der Waals surface area contributed by atoms with E-state index in [4.69, 9.17) is 4.74 Å². The van der Waals surface area contributed by atoms with Gasteiger partial charge in [-0.15, -0.1) is 0 Å². The number of nitrogens with zero attached hydrogens (tertiary/aromatic N) is 1. The highest BCUT2D eigenvalue weighted by atomic mass is 16.5. The van der Waals surface area contributed by atoms with Gasteiger partial charge in [0.2, 0.25) is 5.88 Å². The predicted octanol–water partition coefficient (Wildman–Crippen LogP) is 3.83. The van der Waals surface area contributed by atoms with Gasteiger partial charge in [0.05, 0.1) is 0 Å². The van der Waals surface area contributed by atoms with E-state index in [1.54, 1.807) is 26.4 Å². The first-order valence-electron chi connectivity index (χ1n) is 6.86. The molecule has 0 atom stereocenters. The number of carbonyl (C=O) groups is 1. The van der Waals surface area contributed by atoms with E-state index in [-0.39, 0.29) is 0 Å². The van der Waals surface area contributed by atoms with E-state index in [1.807, 2.05) is 12.1 Å². The Morgan fingerprint density at radius 3 is 2.24 bits per heavy atom. The second-order valence-corrected chi connectivity index (χ2v) is 4.90. The lowest BCUT2D eigenvalue weighted by atomic mass is 10.1. The van der Waals surface area contributed by atoms with E-state index >= 15 is 0 Å². The molecule has 4 nitrogen and oxygen atoms in total. The molecule has 3 rings (SSSR count). The lowest BCUT2D eigenvalue weighted by Crippen LogP contribution is -1.89. The van der Waals surface area contributed by atoms with Crippen LogP contribution in [0.1, 0.15) is 34.7 Å². The number of benzene rings is 1. The Hall–Kier alpha value is -2.20. The predicted molar refractivity (Wildman–Crippen MR) is 81.0 cm³/mol. The van der Waals surface area contributed by atoms with Gasteiger partial charge in [0.1, 0.15) is 5.75 Å². The fourth-order valence-electron chi connectivity index (χ4n) is 1.87. The van der Waals surface area contributed by atoms with Crippen LogP contribution in [0.5, 0.6) is 11.6 Å². The van der Waals surface area contributed by atoms with Crippen LogP contribution in [0.15, 0.2) is 42.6 Å². The first kappa shape index (κ1) is 15.2. The number of ether oxygens (including phenoxy) is 2. The van der Waals surface area contributed by atoms with Crippen LogP contribution < -0.4 is 4.74 Å². The summed E-state index contributed by atoms with van der Waals surface area (Å²) < 4.78 is 9.86. The number of aldehydes is 1. The van der Waals surface area contributed by atoms with Crippen molar-refractivity contribution >= 4 is 6.29 Å². The van der Waals surface area contributed by atoms with E-state index in [1.165, 1.54) is 24.6 Å². The van der Waals surface area contributed by atoms with Gasteiger partial charge in [0.25, 0.3) is 0 Å². The molecular formula is C17H19NO3. The molecule has 21 heavy (non-hydrogen) atoms. The standard InChI is InChI=1S/C15H13NO2.C2H6O/c17-10-11-1-8-15(16-9-11)18-14-6-4-13(5-7-14)12-2-3-12;1-3-2/h1,4-10,12H,2-3H2;1-2H3. The zero-order valence-corrected chi connectivity index (χ0v) is 12.3. The summed E-state index contributed by atoms with van der Waals surface area (Å²) in [7, 11) is 3.25. The third-order valence-corrected chi connectivity index (χ3v) is 3.05. The van der Waals surface area contributed by atoms with Gasteiger partial charge in [-0.1, -0.05) is 12.1 Å². The van der Waals surface area contributed by atoms with Crippen LogP contribution in [-0.4, -0.2) is 25.5 Å².